The maximum atomic E-state index is 11.9. The van der Waals surface area contributed by atoms with Gasteiger partial charge in [0.15, 0.2) is 0 Å². The summed E-state index contributed by atoms with van der Waals surface area (Å²) in [6, 6.07) is 6.22. The van der Waals surface area contributed by atoms with Crippen molar-refractivity contribution < 1.29 is 14.3 Å². The molecule has 1 aliphatic rings. The highest BCUT2D eigenvalue weighted by Crippen LogP contribution is 2.32. The van der Waals surface area contributed by atoms with Crippen LogP contribution >= 0.6 is 0 Å². The zero-order valence-electron chi connectivity index (χ0n) is 14.7. The number of rotatable bonds is 4. The first-order chi connectivity index (χ1) is 10.8. The normalized spacial score (nSPS) is 20.9. The Morgan fingerprint density at radius 3 is 2.57 bits per heavy atom. The van der Waals surface area contributed by atoms with Gasteiger partial charge in [-0.05, 0) is 51.7 Å². The summed E-state index contributed by atoms with van der Waals surface area (Å²) < 4.78 is 10.7. The first kappa shape index (κ1) is 17.4. The summed E-state index contributed by atoms with van der Waals surface area (Å²) in [4.78, 5) is 11.9. The molecule has 2 N–H and O–H groups in total. The molecule has 0 saturated heterocycles. The van der Waals surface area contributed by atoms with E-state index in [1.807, 2.05) is 39.0 Å². The van der Waals surface area contributed by atoms with Crippen LogP contribution in [-0.4, -0.2) is 24.8 Å². The van der Waals surface area contributed by atoms with Crippen molar-refractivity contribution in [2.75, 3.05) is 17.7 Å². The molecule has 1 amide bonds. The quantitative estimate of drug-likeness (QED) is 0.848. The Balaban J connectivity index is 2.05. The van der Waals surface area contributed by atoms with Gasteiger partial charge in [0.1, 0.15) is 11.4 Å². The number of amides is 1. The Kier molecular flexibility index (Phi) is 5.39. The van der Waals surface area contributed by atoms with E-state index in [0.717, 1.165) is 5.69 Å². The molecule has 1 fully saturated rings. The van der Waals surface area contributed by atoms with Crippen molar-refractivity contribution >= 4 is 17.5 Å². The van der Waals surface area contributed by atoms with Crippen molar-refractivity contribution in [2.45, 2.75) is 58.6 Å². The molecular weight excluding hydrogens is 292 g/mol. The third-order valence-corrected chi connectivity index (χ3v) is 4.05. The maximum absolute atomic E-state index is 11.9. The Bertz CT molecular complexity index is 552. The zero-order chi connectivity index (χ0) is 17.0. The van der Waals surface area contributed by atoms with Gasteiger partial charge in [0, 0.05) is 17.8 Å². The first-order valence-electron chi connectivity index (χ1n) is 8.23. The van der Waals surface area contributed by atoms with Gasteiger partial charge in [-0.25, -0.2) is 4.79 Å². The van der Waals surface area contributed by atoms with Gasteiger partial charge in [0.25, 0.3) is 0 Å². The van der Waals surface area contributed by atoms with E-state index in [4.69, 9.17) is 9.47 Å². The Morgan fingerprint density at radius 1 is 1.26 bits per heavy atom. The number of hydrogen-bond acceptors (Lipinski definition) is 4. The fourth-order valence-electron chi connectivity index (χ4n) is 2.87. The number of hydrogen-bond donors (Lipinski definition) is 2. The van der Waals surface area contributed by atoms with Crippen LogP contribution in [0.1, 0.15) is 47.0 Å². The fourth-order valence-corrected chi connectivity index (χ4v) is 2.87. The van der Waals surface area contributed by atoms with E-state index in [1.165, 1.54) is 19.3 Å². The van der Waals surface area contributed by atoms with Crippen LogP contribution < -0.4 is 15.4 Å². The molecule has 1 aromatic rings. The van der Waals surface area contributed by atoms with Gasteiger partial charge in [-0.2, -0.15) is 0 Å². The van der Waals surface area contributed by atoms with E-state index >= 15 is 0 Å². The van der Waals surface area contributed by atoms with Gasteiger partial charge in [-0.3, -0.25) is 5.32 Å². The lowest BCUT2D eigenvalue weighted by atomic mass is 10.1. The monoisotopic (exact) mass is 320 g/mol. The van der Waals surface area contributed by atoms with E-state index in [9.17, 15) is 4.79 Å². The van der Waals surface area contributed by atoms with Crippen LogP contribution in [0, 0.1) is 5.92 Å². The molecule has 0 spiro atoms. The molecule has 0 aromatic heterocycles. The molecule has 1 aliphatic carbocycles. The number of anilines is 2. The Morgan fingerprint density at radius 2 is 2.00 bits per heavy atom. The minimum Gasteiger partial charge on any atom is -0.494 e. The van der Waals surface area contributed by atoms with Gasteiger partial charge in [0.05, 0.1) is 12.8 Å². The number of nitrogens with one attached hydrogen (secondary N) is 2. The van der Waals surface area contributed by atoms with Crippen LogP contribution in [0.5, 0.6) is 5.75 Å². The standard InChI is InChI=1S/C18H28N2O3/c1-12-7-6-8-14(12)19-13-9-10-15(16(11-13)22-5)20-17(21)23-18(2,3)4/h9-12,14,19H,6-8H2,1-5H3,(H,20,21). The van der Waals surface area contributed by atoms with Crippen LogP contribution in [0.3, 0.4) is 0 Å². The SMILES string of the molecule is COc1cc(NC2CCCC2C)ccc1NC(=O)OC(C)(C)C. The van der Waals surface area contributed by atoms with E-state index in [0.29, 0.717) is 23.4 Å². The molecule has 2 atom stereocenters. The third kappa shape index (κ3) is 5.05. The van der Waals surface area contributed by atoms with Crippen molar-refractivity contribution in [3.8, 4) is 5.75 Å². The van der Waals surface area contributed by atoms with Crippen LogP contribution in [0.4, 0.5) is 16.2 Å². The first-order valence-corrected chi connectivity index (χ1v) is 8.23. The van der Waals surface area contributed by atoms with Crippen LogP contribution in [0.15, 0.2) is 18.2 Å². The number of ether oxygens (including phenoxy) is 2. The van der Waals surface area contributed by atoms with Crippen LogP contribution in [0.2, 0.25) is 0 Å². The average molecular weight is 320 g/mol. The topological polar surface area (TPSA) is 59.6 Å². The predicted molar refractivity (Wildman–Crippen MR) is 93.3 cm³/mol. The third-order valence-electron chi connectivity index (χ3n) is 4.05. The van der Waals surface area contributed by atoms with Crippen molar-refractivity contribution in [1.82, 2.24) is 0 Å². The summed E-state index contributed by atoms with van der Waals surface area (Å²) >= 11 is 0. The molecule has 0 radical (unpaired) electrons. The van der Waals surface area contributed by atoms with Gasteiger partial charge >= 0.3 is 6.09 Å². The molecule has 5 heteroatoms. The molecule has 23 heavy (non-hydrogen) atoms. The zero-order valence-corrected chi connectivity index (χ0v) is 14.7. The summed E-state index contributed by atoms with van der Waals surface area (Å²) in [5, 5.41) is 6.29. The molecule has 0 heterocycles. The molecule has 0 aliphatic heterocycles. The lowest BCUT2D eigenvalue weighted by Gasteiger charge is -2.21. The molecule has 128 valence electrons. The average Bonchev–Trinajstić information content (AvgIpc) is 2.84. The minimum absolute atomic E-state index is 0.485. The highest BCUT2D eigenvalue weighted by Gasteiger charge is 2.23. The van der Waals surface area contributed by atoms with Crippen molar-refractivity contribution in [3.05, 3.63) is 18.2 Å². The highest BCUT2D eigenvalue weighted by atomic mass is 16.6. The summed E-state index contributed by atoms with van der Waals surface area (Å²) in [6.07, 6.45) is 3.25. The van der Waals surface area contributed by atoms with Crippen molar-refractivity contribution in [3.63, 3.8) is 0 Å². The Hall–Kier alpha value is -1.91. The van der Waals surface area contributed by atoms with E-state index < -0.39 is 11.7 Å². The second kappa shape index (κ2) is 7.11. The molecule has 1 saturated carbocycles. The number of benzene rings is 1. The smallest absolute Gasteiger partial charge is 0.412 e. The summed E-state index contributed by atoms with van der Waals surface area (Å²) in [7, 11) is 1.59. The second-order valence-electron chi connectivity index (χ2n) is 7.20. The van der Waals surface area contributed by atoms with Gasteiger partial charge in [0.2, 0.25) is 0 Å². The molecule has 5 nitrogen and oxygen atoms in total. The molecule has 1 aromatic carbocycles. The van der Waals surface area contributed by atoms with E-state index in [-0.39, 0.29) is 0 Å². The minimum atomic E-state index is -0.530. The number of methoxy groups -OCH3 is 1. The summed E-state index contributed by atoms with van der Waals surface area (Å²) in [5.41, 5.74) is 1.08. The van der Waals surface area contributed by atoms with E-state index in [1.54, 1.807) is 7.11 Å². The highest BCUT2D eigenvalue weighted by molar-refractivity contribution is 5.87. The Labute approximate surface area is 138 Å². The molecule has 2 rings (SSSR count). The van der Waals surface area contributed by atoms with Gasteiger partial charge in [-0.1, -0.05) is 13.3 Å². The predicted octanol–water partition coefficient (Wildman–Crippen LogP) is 4.64. The second-order valence-corrected chi connectivity index (χ2v) is 7.20. The van der Waals surface area contributed by atoms with Crippen LogP contribution in [0.25, 0.3) is 0 Å². The van der Waals surface area contributed by atoms with Crippen molar-refractivity contribution in [1.29, 1.82) is 0 Å². The summed E-state index contributed by atoms with van der Waals surface area (Å²) in [5.74, 6) is 1.30. The number of carbonyl (C=O) groups excluding carboxylic acids is 1. The van der Waals surface area contributed by atoms with Crippen molar-refractivity contribution in [2.24, 2.45) is 5.92 Å². The lowest BCUT2D eigenvalue weighted by Crippen LogP contribution is -2.27. The lowest BCUT2D eigenvalue weighted by molar-refractivity contribution is 0.0635. The fraction of sp³-hybridized carbons (Fsp3) is 0.611. The molecule has 0 bridgehead atoms. The maximum Gasteiger partial charge on any atom is 0.412 e. The van der Waals surface area contributed by atoms with E-state index in [2.05, 4.69) is 17.6 Å². The molecular formula is C18H28N2O3. The van der Waals surface area contributed by atoms with Crippen LogP contribution in [-0.2, 0) is 4.74 Å². The molecule has 2 unspecified atom stereocenters. The van der Waals surface area contributed by atoms with Gasteiger partial charge < -0.3 is 14.8 Å². The van der Waals surface area contributed by atoms with Gasteiger partial charge in [-0.15, -0.1) is 0 Å². The largest absolute Gasteiger partial charge is 0.494 e. The summed E-state index contributed by atoms with van der Waals surface area (Å²) in [6.45, 7) is 7.78. The number of carbonyl (C=O) groups is 1.